The van der Waals surface area contributed by atoms with E-state index in [1.54, 1.807) is 13.0 Å². The van der Waals surface area contributed by atoms with Crippen LogP contribution in [-0.2, 0) is 22.3 Å². The van der Waals surface area contributed by atoms with Gasteiger partial charge in [0.05, 0.1) is 36.4 Å². The number of fused-ring (bicyclic) bond motifs is 3. The van der Waals surface area contributed by atoms with E-state index in [9.17, 15) is 37.0 Å². The highest BCUT2D eigenvalue weighted by Crippen LogP contribution is 2.63. The summed E-state index contributed by atoms with van der Waals surface area (Å²) in [7, 11) is 0. The molecule has 0 aromatic heterocycles. The molecule has 4 atom stereocenters. The first-order valence-electron chi connectivity index (χ1n) is 14.3. The van der Waals surface area contributed by atoms with E-state index in [0.717, 1.165) is 17.2 Å². The number of benzene rings is 2. The van der Waals surface area contributed by atoms with E-state index in [1.165, 1.54) is 0 Å². The van der Waals surface area contributed by atoms with Crippen LogP contribution in [0.25, 0.3) is 11.1 Å². The molecule has 3 saturated carbocycles. The number of aliphatic hydroxyl groups is 1. The summed E-state index contributed by atoms with van der Waals surface area (Å²) in [5.41, 5.74) is -1.14. The van der Waals surface area contributed by atoms with Crippen LogP contribution in [-0.4, -0.2) is 34.5 Å². The van der Waals surface area contributed by atoms with Crippen molar-refractivity contribution in [3.63, 3.8) is 0 Å². The van der Waals surface area contributed by atoms with Crippen molar-refractivity contribution in [2.75, 3.05) is 6.61 Å². The van der Waals surface area contributed by atoms with Gasteiger partial charge in [0.15, 0.2) is 17.4 Å². The number of hydrogen-bond acceptors (Lipinski definition) is 4. The normalized spacial score (nSPS) is 29.2. The van der Waals surface area contributed by atoms with E-state index >= 15 is 4.39 Å². The van der Waals surface area contributed by atoms with E-state index in [2.05, 4.69) is 6.58 Å². The van der Waals surface area contributed by atoms with Crippen molar-refractivity contribution >= 4 is 5.97 Å². The van der Waals surface area contributed by atoms with E-state index in [-0.39, 0.29) is 36.0 Å². The van der Waals surface area contributed by atoms with Gasteiger partial charge in [-0.2, -0.15) is 13.2 Å². The molecule has 4 aliphatic rings. The van der Waals surface area contributed by atoms with Crippen LogP contribution in [0.2, 0.25) is 0 Å². The summed E-state index contributed by atoms with van der Waals surface area (Å²) in [6.45, 7) is 5.11. The van der Waals surface area contributed by atoms with E-state index in [0.29, 0.717) is 43.4 Å². The van der Waals surface area contributed by atoms with Crippen molar-refractivity contribution < 1.29 is 50.8 Å². The average Bonchev–Trinajstić information content (AvgIpc) is 3.55. The van der Waals surface area contributed by atoms with Crippen LogP contribution in [0.3, 0.4) is 0 Å². The lowest BCUT2D eigenvalue weighted by Crippen LogP contribution is -2.43. The smallest absolute Gasteiger partial charge is 0.417 e. The molecule has 0 saturated heterocycles. The number of carboxylic acid groups (broad SMARTS) is 1. The quantitative estimate of drug-likeness (QED) is 0.238. The molecule has 5 nitrogen and oxygen atoms in total. The van der Waals surface area contributed by atoms with Gasteiger partial charge in [0, 0.05) is 11.5 Å². The molecule has 6 rings (SSSR count). The molecule has 44 heavy (non-hydrogen) atoms. The third kappa shape index (κ3) is 5.67. The van der Waals surface area contributed by atoms with Gasteiger partial charge >= 0.3 is 12.1 Å². The zero-order valence-corrected chi connectivity index (χ0v) is 23.7. The fraction of sp³-hybridized carbons (Fsp3) is 0.424. The molecule has 0 bridgehead atoms. The molecule has 4 unspecified atom stereocenters. The Bertz CT molecular complexity index is 1580. The van der Waals surface area contributed by atoms with Crippen LogP contribution in [0.4, 0.5) is 26.3 Å². The first kappa shape index (κ1) is 30.5. The molecule has 4 aliphatic carbocycles. The molecular formula is C33H30F6O5. The van der Waals surface area contributed by atoms with Crippen LogP contribution in [0.1, 0.15) is 43.7 Å². The van der Waals surface area contributed by atoms with Gasteiger partial charge in [-0.25, -0.2) is 13.2 Å². The SMILES string of the molecule is C=C1CC=C2C(=CC1OCc1cc(-c3cc(F)c(OCC4CC(C)(O)C4)c(F)c3)c(C(F)(F)F)cc1F)CC1C(C(=O)O)C21. The van der Waals surface area contributed by atoms with E-state index < -0.39 is 76.3 Å². The lowest BCUT2D eigenvalue weighted by Gasteiger charge is -2.40. The molecule has 0 heterocycles. The van der Waals surface area contributed by atoms with Crippen molar-refractivity contribution in [2.24, 2.45) is 23.7 Å². The number of rotatable bonds is 8. The van der Waals surface area contributed by atoms with Gasteiger partial charge < -0.3 is 19.7 Å². The third-order valence-electron chi connectivity index (χ3n) is 9.12. The maximum atomic E-state index is 15.0. The predicted octanol–water partition coefficient (Wildman–Crippen LogP) is 7.38. The van der Waals surface area contributed by atoms with E-state index in [4.69, 9.17) is 9.47 Å². The Morgan fingerprint density at radius 1 is 1.09 bits per heavy atom. The first-order chi connectivity index (χ1) is 20.6. The van der Waals surface area contributed by atoms with Gasteiger partial charge in [-0.1, -0.05) is 12.7 Å². The minimum Gasteiger partial charge on any atom is -0.487 e. The maximum absolute atomic E-state index is 15.0. The number of ether oxygens (including phenoxy) is 2. The van der Waals surface area contributed by atoms with Gasteiger partial charge in [0.25, 0.3) is 0 Å². The van der Waals surface area contributed by atoms with Gasteiger partial charge in [0.1, 0.15) is 5.82 Å². The topological polar surface area (TPSA) is 76.0 Å². The summed E-state index contributed by atoms with van der Waals surface area (Å²) in [6.07, 6.45) is -0.288. The molecule has 0 amide bonds. The van der Waals surface area contributed by atoms with Gasteiger partial charge in [-0.3, -0.25) is 4.79 Å². The van der Waals surface area contributed by atoms with Gasteiger partial charge in [-0.15, -0.1) is 0 Å². The van der Waals surface area contributed by atoms with Crippen molar-refractivity contribution in [3.05, 3.63) is 88.3 Å². The number of carbonyl (C=O) groups is 1. The Labute approximate surface area is 249 Å². The van der Waals surface area contributed by atoms with Gasteiger partial charge in [0.2, 0.25) is 0 Å². The fourth-order valence-corrected chi connectivity index (χ4v) is 6.97. The zero-order valence-electron chi connectivity index (χ0n) is 23.7. The number of allylic oxidation sites excluding steroid dienone is 3. The van der Waals surface area contributed by atoms with Gasteiger partial charge in [-0.05, 0) is 103 Å². The summed E-state index contributed by atoms with van der Waals surface area (Å²) >= 11 is 0. The minimum atomic E-state index is -5.03. The highest BCUT2D eigenvalue weighted by atomic mass is 19.4. The second-order valence-corrected chi connectivity index (χ2v) is 12.5. The highest BCUT2D eigenvalue weighted by Gasteiger charge is 2.61. The Morgan fingerprint density at radius 2 is 1.77 bits per heavy atom. The van der Waals surface area contributed by atoms with Crippen molar-refractivity contribution in [1.29, 1.82) is 0 Å². The molecule has 11 heteroatoms. The third-order valence-corrected chi connectivity index (χ3v) is 9.12. The summed E-state index contributed by atoms with van der Waals surface area (Å²) < 4.78 is 98.0. The monoisotopic (exact) mass is 620 g/mol. The summed E-state index contributed by atoms with van der Waals surface area (Å²) in [6, 6.07) is 2.58. The van der Waals surface area contributed by atoms with Crippen LogP contribution < -0.4 is 4.74 Å². The average molecular weight is 621 g/mol. The Hall–Kier alpha value is -3.57. The predicted molar refractivity (Wildman–Crippen MR) is 147 cm³/mol. The van der Waals surface area contributed by atoms with Crippen molar-refractivity contribution in [3.8, 4) is 16.9 Å². The molecule has 2 aromatic carbocycles. The molecule has 3 fully saturated rings. The molecule has 2 aromatic rings. The van der Waals surface area contributed by atoms with E-state index in [1.807, 2.05) is 6.08 Å². The molecular weight excluding hydrogens is 590 g/mol. The molecule has 234 valence electrons. The molecule has 0 radical (unpaired) electrons. The number of aliphatic carboxylic acids is 1. The largest absolute Gasteiger partial charge is 0.487 e. The van der Waals surface area contributed by atoms with Crippen LogP contribution in [0.15, 0.2) is 59.7 Å². The second kappa shape index (κ2) is 10.8. The maximum Gasteiger partial charge on any atom is 0.417 e. The Kier molecular flexibility index (Phi) is 7.48. The highest BCUT2D eigenvalue weighted by molar-refractivity contribution is 5.77. The number of halogens is 6. The minimum absolute atomic E-state index is 0.0130. The summed E-state index contributed by atoms with van der Waals surface area (Å²) in [5, 5.41) is 19.2. The lowest BCUT2D eigenvalue weighted by molar-refractivity contribution is -0.139. The molecule has 0 aliphatic heterocycles. The van der Waals surface area contributed by atoms with Crippen LogP contribution >= 0.6 is 0 Å². The number of alkyl halides is 3. The fourth-order valence-electron chi connectivity index (χ4n) is 6.97. The van der Waals surface area contributed by atoms with Crippen LogP contribution in [0, 0.1) is 41.1 Å². The summed E-state index contributed by atoms with van der Waals surface area (Å²) in [4.78, 5) is 11.5. The second-order valence-electron chi connectivity index (χ2n) is 12.5. The Balaban J connectivity index is 1.23. The van der Waals surface area contributed by atoms with Crippen molar-refractivity contribution in [2.45, 2.75) is 57.1 Å². The zero-order chi connectivity index (χ0) is 31.7. The summed E-state index contributed by atoms with van der Waals surface area (Å²) in [5.74, 6) is -5.80. The molecule has 2 N–H and O–H groups in total. The standard InChI is InChI=1S/C33H30F6O5/c1-15-3-4-20-17(5-22-28(20)29(22)31(40)41)9-27(15)43-14-19-6-21(23(10-24(19)34)33(37,38)39)18-7-25(35)30(26(36)8-18)44-13-16-11-32(2,42)12-16/h4,6-10,16,22,27-29,42H,1,3,5,11-14H2,2H3,(H,40,41). The number of hydrogen-bond donors (Lipinski definition) is 2. The first-order valence-corrected chi connectivity index (χ1v) is 14.3. The van der Waals surface area contributed by atoms with Crippen LogP contribution in [0.5, 0.6) is 5.75 Å². The number of carboxylic acids is 1. The lowest BCUT2D eigenvalue weighted by atomic mass is 9.73. The Morgan fingerprint density at radius 3 is 2.39 bits per heavy atom. The van der Waals surface area contributed by atoms with Crippen molar-refractivity contribution in [1.82, 2.24) is 0 Å². The molecule has 0 spiro atoms.